The van der Waals surface area contributed by atoms with Crippen LogP contribution in [0.1, 0.15) is 62.3 Å². The molecule has 1 rings (SSSR count). The van der Waals surface area contributed by atoms with Crippen molar-refractivity contribution in [3.63, 3.8) is 0 Å². The molecule has 1 aromatic carbocycles. The Morgan fingerprint density at radius 3 is 1.67 bits per heavy atom. The Labute approximate surface area is 118 Å². The van der Waals surface area contributed by atoms with Gasteiger partial charge in [0.2, 0.25) is 0 Å². The van der Waals surface area contributed by atoms with Crippen LogP contribution < -0.4 is 6.15 Å². The third-order valence-corrected chi connectivity index (χ3v) is 3.58. The van der Waals surface area contributed by atoms with Gasteiger partial charge in [0.1, 0.15) is 0 Å². The van der Waals surface area contributed by atoms with E-state index in [-0.39, 0.29) is 6.15 Å². The fourth-order valence-corrected chi connectivity index (χ4v) is 2.79. The normalized spacial score (nSPS) is 10.2. The Morgan fingerprint density at radius 2 is 1.22 bits per heavy atom. The smallest absolute Gasteiger partial charge is 0.0476 e. The summed E-state index contributed by atoms with van der Waals surface area (Å²) in [5, 5.41) is 0. The first-order valence-electron chi connectivity index (χ1n) is 6.96. The van der Waals surface area contributed by atoms with Crippen molar-refractivity contribution in [1.29, 1.82) is 0 Å². The maximum absolute atomic E-state index is 6.07. The highest BCUT2D eigenvalue weighted by atomic mass is 35.5. The van der Waals surface area contributed by atoms with Gasteiger partial charge in [0, 0.05) is 5.88 Å². The van der Waals surface area contributed by atoms with Crippen molar-refractivity contribution in [3.8, 4) is 0 Å². The monoisotopic (exact) mass is 269 g/mol. The van der Waals surface area contributed by atoms with E-state index in [1.165, 1.54) is 49.7 Å². The van der Waals surface area contributed by atoms with Crippen molar-refractivity contribution in [2.45, 2.75) is 65.2 Å². The second kappa shape index (κ2) is 9.41. The number of alkyl halides is 1. The summed E-state index contributed by atoms with van der Waals surface area (Å²) < 4.78 is 0. The lowest BCUT2D eigenvalue weighted by molar-refractivity contribution is 0.819. The first kappa shape index (κ1) is 17.5. The fraction of sp³-hybridized carbons (Fsp3) is 0.625. The van der Waals surface area contributed by atoms with E-state index in [1.807, 2.05) is 0 Å². The zero-order valence-corrected chi connectivity index (χ0v) is 12.9. The molecule has 1 aromatic rings. The van der Waals surface area contributed by atoms with Crippen LogP contribution in [0, 0.1) is 0 Å². The first-order chi connectivity index (χ1) is 8.28. The number of rotatable bonds is 7. The van der Waals surface area contributed by atoms with Gasteiger partial charge in [0.25, 0.3) is 0 Å². The molecule has 0 aliphatic rings. The van der Waals surface area contributed by atoms with E-state index in [9.17, 15) is 0 Å². The van der Waals surface area contributed by atoms with Crippen LogP contribution in [0.25, 0.3) is 0 Å². The number of hydrogen-bond donors (Lipinski definition) is 1. The van der Waals surface area contributed by atoms with Gasteiger partial charge >= 0.3 is 0 Å². The molecule has 0 unspecified atom stereocenters. The van der Waals surface area contributed by atoms with Gasteiger partial charge in [-0.2, -0.15) is 0 Å². The third-order valence-electron chi connectivity index (χ3n) is 3.29. The summed E-state index contributed by atoms with van der Waals surface area (Å²) in [6, 6.07) is 4.54. The molecule has 0 aromatic heterocycles. The lowest BCUT2D eigenvalue weighted by Crippen LogP contribution is -2.04. The van der Waals surface area contributed by atoms with E-state index in [1.54, 1.807) is 11.1 Å². The summed E-state index contributed by atoms with van der Waals surface area (Å²) >= 11 is 6.07. The van der Waals surface area contributed by atoms with Gasteiger partial charge in [0.15, 0.2) is 0 Å². The number of halogens is 1. The predicted molar refractivity (Wildman–Crippen MR) is 83.0 cm³/mol. The molecule has 0 saturated carbocycles. The number of hydrogen-bond acceptors (Lipinski definition) is 1. The number of benzene rings is 1. The molecule has 0 aliphatic carbocycles. The average molecular weight is 270 g/mol. The van der Waals surface area contributed by atoms with E-state index in [0.29, 0.717) is 5.88 Å². The Kier molecular flexibility index (Phi) is 9.13. The predicted octanol–water partition coefficient (Wildman–Crippen LogP) is 5.44. The minimum Gasteiger partial charge on any atom is -0.344 e. The zero-order chi connectivity index (χ0) is 12.7. The van der Waals surface area contributed by atoms with Crippen LogP contribution in [0.4, 0.5) is 0 Å². The van der Waals surface area contributed by atoms with Gasteiger partial charge in [-0.3, -0.25) is 0 Å². The summed E-state index contributed by atoms with van der Waals surface area (Å²) in [6.45, 7) is 6.77. The second-order valence-electron chi connectivity index (χ2n) is 4.72. The zero-order valence-electron chi connectivity index (χ0n) is 12.2. The van der Waals surface area contributed by atoms with Gasteiger partial charge in [0.05, 0.1) is 0 Å². The molecule has 0 heterocycles. The van der Waals surface area contributed by atoms with Crippen LogP contribution in [-0.4, -0.2) is 0 Å². The number of aryl methyl sites for hydroxylation is 1. The van der Waals surface area contributed by atoms with Crippen LogP contribution in [0.2, 0.25) is 0 Å². The van der Waals surface area contributed by atoms with Crippen molar-refractivity contribution >= 4 is 11.6 Å². The molecular weight excluding hydrogens is 242 g/mol. The minimum atomic E-state index is 0. The molecule has 0 radical (unpaired) electrons. The molecule has 0 amide bonds. The van der Waals surface area contributed by atoms with Crippen molar-refractivity contribution in [3.05, 3.63) is 34.4 Å². The average Bonchev–Trinajstić information content (AvgIpc) is 2.34. The first-order valence-corrected chi connectivity index (χ1v) is 7.50. The standard InChI is InChI=1S/C16H25Cl.H3N/c1-4-7-13-10-11-14(12-17)16(9-6-3)15(13)8-5-2;/h10-11H,4-9,12H2,1-3H3;1H3. The van der Waals surface area contributed by atoms with E-state index >= 15 is 0 Å². The molecule has 1 nitrogen and oxygen atoms in total. The summed E-state index contributed by atoms with van der Waals surface area (Å²) in [5.41, 5.74) is 6.02. The van der Waals surface area contributed by atoms with Gasteiger partial charge < -0.3 is 6.15 Å². The van der Waals surface area contributed by atoms with Gasteiger partial charge in [-0.05, 0) is 41.5 Å². The molecule has 0 bridgehead atoms. The Balaban J connectivity index is 0.00000289. The highest BCUT2D eigenvalue weighted by molar-refractivity contribution is 6.17. The third kappa shape index (κ3) is 4.29. The van der Waals surface area contributed by atoms with Crippen molar-refractivity contribution in [1.82, 2.24) is 6.15 Å². The lowest BCUT2D eigenvalue weighted by atomic mass is 9.89. The molecule has 2 heteroatoms. The summed E-state index contributed by atoms with van der Waals surface area (Å²) in [4.78, 5) is 0. The fourth-order valence-electron chi connectivity index (χ4n) is 2.54. The molecule has 0 atom stereocenters. The molecule has 0 spiro atoms. The molecule has 18 heavy (non-hydrogen) atoms. The van der Waals surface area contributed by atoms with Crippen LogP contribution >= 0.6 is 11.6 Å². The van der Waals surface area contributed by atoms with E-state index in [0.717, 1.165) is 0 Å². The SMILES string of the molecule is CCCc1ccc(CCl)c(CCC)c1CCC.N. The minimum absolute atomic E-state index is 0. The molecule has 3 N–H and O–H groups in total. The summed E-state index contributed by atoms with van der Waals surface area (Å²) in [5.74, 6) is 0.651. The van der Waals surface area contributed by atoms with Crippen molar-refractivity contribution in [2.75, 3.05) is 0 Å². The Bertz CT molecular complexity index is 347. The van der Waals surface area contributed by atoms with Crippen LogP contribution in [0.3, 0.4) is 0 Å². The van der Waals surface area contributed by atoms with Crippen LogP contribution in [0.15, 0.2) is 12.1 Å². The van der Waals surface area contributed by atoms with E-state index in [4.69, 9.17) is 11.6 Å². The quantitative estimate of drug-likeness (QED) is 0.657. The van der Waals surface area contributed by atoms with E-state index < -0.39 is 0 Å². The highest BCUT2D eigenvalue weighted by Crippen LogP contribution is 2.25. The van der Waals surface area contributed by atoms with Gasteiger partial charge in [-0.15, -0.1) is 11.6 Å². The largest absolute Gasteiger partial charge is 0.344 e. The molecule has 104 valence electrons. The summed E-state index contributed by atoms with van der Waals surface area (Å²) in [6.07, 6.45) is 7.23. The van der Waals surface area contributed by atoms with Crippen LogP contribution in [-0.2, 0) is 25.1 Å². The Hall–Kier alpha value is -0.530. The maximum Gasteiger partial charge on any atom is 0.0476 e. The van der Waals surface area contributed by atoms with E-state index in [2.05, 4.69) is 32.9 Å². The highest BCUT2D eigenvalue weighted by Gasteiger charge is 2.11. The summed E-state index contributed by atoms with van der Waals surface area (Å²) in [7, 11) is 0. The van der Waals surface area contributed by atoms with Crippen LogP contribution in [0.5, 0.6) is 0 Å². The van der Waals surface area contributed by atoms with Crippen molar-refractivity contribution < 1.29 is 0 Å². The topological polar surface area (TPSA) is 35.0 Å². The van der Waals surface area contributed by atoms with Gasteiger partial charge in [-0.25, -0.2) is 0 Å². The molecule has 0 saturated heterocycles. The maximum atomic E-state index is 6.07. The molecule has 0 aliphatic heterocycles. The molecular formula is C16H28ClN. The van der Waals surface area contributed by atoms with Gasteiger partial charge in [-0.1, -0.05) is 52.2 Å². The molecule has 0 fully saturated rings. The second-order valence-corrected chi connectivity index (χ2v) is 4.99. The Morgan fingerprint density at radius 1 is 0.778 bits per heavy atom. The van der Waals surface area contributed by atoms with Crippen molar-refractivity contribution in [2.24, 2.45) is 0 Å². The lowest BCUT2D eigenvalue weighted by Gasteiger charge is -2.17.